The highest BCUT2D eigenvalue weighted by Crippen LogP contribution is 2.36. The van der Waals surface area contributed by atoms with Crippen molar-refractivity contribution in [2.75, 3.05) is 6.61 Å². The molecule has 1 heteroatoms. The van der Waals surface area contributed by atoms with Gasteiger partial charge < -0.3 is 4.74 Å². The topological polar surface area (TPSA) is 9.23 Å². The van der Waals surface area contributed by atoms with Crippen LogP contribution in [0.25, 0.3) is 0 Å². The van der Waals surface area contributed by atoms with E-state index in [0.29, 0.717) is 11.8 Å². The third-order valence-electron chi connectivity index (χ3n) is 6.33. The first-order chi connectivity index (χ1) is 15.3. The minimum Gasteiger partial charge on any atom is -0.494 e. The van der Waals surface area contributed by atoms with Crippen molar-refractivity contribution in [3.8, 4) is 17.6 Å². The third kappa shape index (κ3) is 7.95. The number of ether oxygens (including phenoxy) is 1. The van der Waals surface area contributed by atoms with Crippen LogP contribution in [0.5, 0.6) is 5.75 Å². The quantitative estimate of drug-likeness (QED) is 0.297. The third-order valence-corrected chi connectivity index (χ3v) is 6.33. The maximum atomic E-state index is 5.79. The fraction of sp³-hybridized carbons (Fsp3) is 0.467. The van der Waals surface area contributed by atoms with E-state index in [2.05, 4.69) is 86.4 Å². The van der Waals surface area contributed by atoms with E-state index in [4.69, 9.17) is 4.74 Å². The molecule has 0 aromatic heterocycles. The number of allylic oxidation sites excluding steroid dienone is 2. The Morgan fingerprint density at radius 1 is 0.871 bits per heavy atom. The van der Waals surface area contributed by atoms with Crippen LogP contribution < -0.4 is 4.74 Å². The molecule has 0 saturated heterocycles. The molecule has 0 bridgehead atoms. The molecular formula is C30H38O. The van der Waals surface area contributed by atoms with E-state index in [1.807, 2.05) is 0 Å². The minimum absolute atomic E-state index is 0.665. The fourth-order valence-electron chi connectivity index (χ4n) is 4.26. The van der Waals surface area contributed by atoms with Gasteiger partial charge in [0, 0.05) is 5.56 Å². The van der Waals surface area contributed by atoms with Crippen LogP contribution >= 0.6 is 0 Å². The Bertz CT molecular complexity index is 840. The molecule has 1 saturated carbocycles. The Morgan fingerprint density at radius 2 is 1.58 bits per heavy atom. The Hall–Kier alpha value is -2.46. The molecular weight excluding hydrogens is 376 g/mol. The van der Waals surface area contributed by atoms with Gasteiger partial charge in [-0.2, -0.15) is 0 Å². The maximum Gasteiger partial charge on any atom is 0.119 e. The van der Waals surface area contributed by atoms with Crippen molar-refractivity contribution >= 4 is 0 Å². The van der Waals surface area contributed by atoms with Crippen molar-refractivity contribution in [2.24, 2.45) is 5.92 Å². The van der Waals surface area contributed by atoms with Gasteiger partial charge in [-0.15, -0.1) is 0 Å². The zero-order valence-corrected chi connectivity index (χ0v) is 19.4. The lowest BCUT2D eigenvalue weighted by atomic mass is 9.78. The summed E-state index contributed by atoms with van der Waals surface area (Å²) in [6.45, 7) is 5.25. The summed E-state index contributed by atoms with van der Waals surface area (Å²) in [6, 6.07) is 17.5. The lowest BCUT2D eigenvalue weighted by molar-refractivity contribution is 0.309. The normalized spacial score (nSPS) is 18.5. The minimum atomic E-state index is 0.665. The molecule has 31 heavy (non-hydrogen) atoms. The summed E-state index contributed by atoms with van der Waals surface area (Å²) in [5.74, 6) is 8.87. The summed E-state index contributed by atoms with van der Waals surface area (Å²) in [5.41, 5.74) is 3.99. The van der Waals surface area contributed by atoms with E-state index < -0.39 is 0 Å². The molecule has 1 fully saturated rings. The molecule has 3 rings (SSSR count). The summed E-state index contributed by atoms with van der Waals surface area (Å²) in [4.78, 5) is 0. The van der Waals surface area contributed by atoms with Crippen LogP contribution in [-0.4, -0.2) is 6.61 Å². The van der Waals surface area contributed by atoms with E-state index >= 15 is 0 Å². The number of benzene rings is 2. The van der Waals surface area contributed by atoms with Gasteiger partial charge in [-0.3, -0.25) is 0 Å². The summed E-state index contributed by atoms with van der Waals surface area (Å²) in [5, 5.41) is 0. The van der Waals surface area contributed by atoms with E-state index in [1.54, 1.807) is 0 Å². The highest BCUT2D eigenvalue weighted by molar-refractivity contribution is 5.38. The SMILES string of the molecule is CCCCOc1ccc([C@H]2CC[C@H](C=CC#Cc3ccc(CCCC)cc3)CC2)cc1. The standard InChI is InChI=1S/C30H38O/c1-3-5-9-25-12-14-26(15-13-25)10-7-8-11-27-16-18-28(19-17-27)29-20-22-30(23-21-29)31-24-6-4-2/h8,11-15,20-23,27-28H,3-6,9,16-19,24H2,1-2H3/t27-,28-. The van der Waals surface area contributed by atoms with E-state index in [0.717, 1.165) is 24.3 Å². The van der Waals surface area contributed by atoms with Gasteiger partial charge in [0.05, 0.1) is 6.61 Å². The largest absolute Gasteiger partial charge is 0.494 e. The molecule has 0 radical (unpaired) electrons. The molecule has 2 aromatic carbocycles. The van der Waals surface area contributed by atoms with Crippen LogP contribution in [0.1, 0.15) is 87.8 Å². The maximum absolute atomic E-state index is 5.79. The van der Waals surface area contributed by atoms with Gasteiger partial charge in [-0.25, -0.2) is 0 Å². The molecule has 0 spiro atoms. The number of hydrogen-bond donors (Lipinski definition) is 0. The van der Waals surface area contributed by atoms with Gasteiger partial charge in [0.1, 0.15) is 5.75 Å². The molecule has 1 nitrogen and oxygen atoms in total. The predicted molar refractivity (Wildman–Crippen MR) is 133 cm³/mol. The van der Waals surface area contributed by atoms with Crippen molar-refractivity contribution in [3.63, 3.8) is 0 Å². The van der Waals surface area contributed by atoms with E-state index in [9.17, 15) is 0 Å². The van der Waals surface area contributed by atoms with Gasteiger partial charge in [0.2, 0.25) is 0 Å². The van der Waals surface area contributed by atoms with Crippen molar-refractivity contribution < 1.29 is 4.74 Å². The van der Waals surface area contributed by atoms with Gasteiger partial charge in [-0.1, -0.05) is 68.9 Å². The highest BCUT2D eigenvalue weighted by Gasteiger charge is 2.20. The van der Waals surface area contributed by atoms with Crippen LogP contribution in [0.15, 0.2) is 60.7 Å². The Labute approximate surface area is 189 Å². The first kappa shape index (κ1) is 23.2. The summed E-state index contributed by atoms with van der Waals surface area (Å²) in [7, 11) is 0. The fourth-order valence-corrected chi connectivity index (χ4v) is 4.26. The second-order valence-corrected chi connectivity index (χ2v) is 8.81. The van der Waals surface area contributed by atoms with Crippen LogP contribution in [-0.2, 0) is 6.42 Å². The second-order valence-electron chi connectivity index (χ2n) is 8.81. The Morgan fingerprint density at radius 3 is 2.26 bits per heavy atom. The summed E-state index contributed by atoms with van der Waals surface area (Å²) in [6.07, 6.45) is 15.4. The monoisotopic (exact) mass is 414 g/mol. The van der Waals surface area contributed by atoms with E-state index in [1.165, 1.54) is 62.5 Å². The van der Waals surface area contributed by atoms with Crippen molar-refractivity contribution in [3.05, 3.63) is 77.4 Å². The molecule has 0 N–H and O–H groups in total. The smallest absolute Gasteiger partial charge is 0.119 e. The van der Waals surface area contributed by atoms with Gasteiger partial charge in [-0.05, 0) is 98.2 Å². The summed E-state index contributed by atoms with van der Waals surface area (Å²) >= 11 is 0. The molecule has 1 aliphatic rings. The number of unbranched alkanes of at least 4 members (excludes halogenated alkanes) is 2. The molecule has 0 unspecified atom stereocenters. The summed E-state index contributed by atoms with van der Waals surface area (Å²) < 4.78 is 5.79. The molecule has 0 atom stereocenters. The average molecular weight is 415 g/mol. The number of hydrogen-bond acceptors (Lipinski definition) is 1. The van der Waals surface area contributed by atoms with Crippen molar-refractivity contribution in [2.45, 2.75) is 77.6 Å². The lowest BCUT2D eigenvalue weighted by Crippen LogP contribution is -2.11. The first-order valence-electron chi connectivity index (χ1n) is 12.3. The Kier molecular flexibility index (Phi) is 9.78. The van der Waals surface area contributed by atoms with Crippen LogP contribution in [0.2, 0.25) is 0 Å². The van der Waals surface area contributed by atoms with Gasteiger partial charge in [0.25, 0.3) is 0 Å². The molecule has 0 amide bonds. The number of rotatable bonds is 9. The lowest BCUT2D eigenvalue weighted by Gasteiger charge is -2.27. The highest BCUT2D eigenvalue weighted by atomic mass is 16.5. The molecule has 0 aliphatic heterocycles. The zero-order valence-electron chi connectivity index (χ0n) is 19.4. The van der Waals surface area contributed by atoms with Crippen molar-refractivity contribution in [1.82, 2.24) is 0 Å². The molecule has 1 aliphatic carbocycles. The van der Waals surface area contributed by atoms with Gasteiger partial charge >= 0.3 is 0 Å². The van der Waals surface area contributed by atoms with Crippen molar-refractivity contribution in [1.29, 1.82) is 0 Å². The van der Waals surface area contributed by atoms with Gasteiger partial charge in [0.15, 0.2) is 0 Å². The average Bonchev–Trinajstić information content (AvgIpc) is 2.82. The van der Waals surface area contributed by atoms with Crippen LogP contribution in [0.3, 0.4) is 0 Å². The number of aryl methyl sites for hydroxylation is 1. The van der Waals surface area contributed by atoms with Crippen LogP contribution in [0.4, 0.5) is 0 Å². The molecule has 0 heterocycles. The zero-order chi connectivity index (χ0) is 21.7. The molecule has 164 valence electrons. The first-order valence-corrected chi connectivity index (χ1v) is 12.3. The predicted octanol–water partition coefficient (Wildman–Crippen LogP) is 8.09. The second kappa shape index (κ2) is 13.1. The van der Waals surface area contributed by atoms with Crippen LogP contribution in [0, 0.1) is 17.8 Å². The molecule has 2 aromatic rings. The Balaban J connectivity index is 1.42. The van der Waals surface area contributed by atoms with E-state index in [-0.39, 0.29) is 0 Å².